The number of carbonyl (C=O) groups excluding carboxylic acids is 1. The lowest BCUT2D eigenvalue weighted by Gasteiger charge is -2.34. The Morgan fingerprint density at radius 2 is 1.61 bits per heavy atom. The third-order valence-corrected chi connectivity index (χ3v) is 8.04. The number of carbonyl (C=O) groups is 1. The van der Waals surface area contributed by atoms with Crippen LogP contribution in [0.3, 0.4) is 0 Å². The van der Waals surface area contributed by atoms with E-state index < -0.39 is 10.0 Å². The van der Waals surface area contributed by atoms with E-state index in [0.717, 1.165) is 38.4 Å². The molecule has 0 unspecified atom stereocenters. The summed E-state index contributed by atoms with van der Waals surface area (Å²) in [7, 11) is -3.45. The van der Waals surface area contributed by atoms with Gasteiger partial charge in [-0.3, -0.25) is 14.6 Å². The minimum Gasteiger partial charge on any atom is -0.379 e. The van der Waals surface area contributed by atoms with Crippen molar-refractivity contribution in [1.82, 2.24) is 19.4 Å². The molecule has 0 radical (unpaired) electrons. The first-order chi connectivity index (χ1) is 16.0. The van der Waals surface area contributed by atoms with Gasteiger partial charge in [-0.05, 0) is 29.8 Å². The molecule has 2 saturated heterocycles. The number of ether oxygens (including phenoxy) is 1. The van der Waals surface area contributed by atoms with E-state index in [1.807, 2.05) is 30.3 Å². The first kappa shape index (κ1) is 23.8. The molecule has 2 aliphatic heterocycles. The number of nitrogens with one attached hydrogen (secondary N) is 1. The van der Waals surface area contributed by atoms with Gasteiger partial charge in [-0.15, -0.1) is 0 Å². The van der Waals surface area contributed by atoms with Gasteiger partial charge in [0.1, 0.15) is 0 Å². The molecule has 2 aromatic carbocycles. The van der Waals surface area contributed by atoms with E-state index in [4.69, 9.17) is 4.74 Å². The maximum Gasteiger partial charge on any atom is 0.251 e. The monoisotopic (exact) mass is 472 g/mol. The Morgan fingerprint density at radius 1 is 0.879 bits per heavy atom. The van der Waals surface area contributed by atoms with Crippen LogP contribution in [0.15, 0.2) is 59.5 Å². The summed E-state index contributed by atoms with van der Waals surface area (Å²) in [5, 5.41) is 3.01. The quantitative estimate of drug-likeness (QED) is 0.623. The molecule has 0 aromatic heterocycles. The molecule has 0 saturated carbocycles. The third-order valence-electron chi connectivity index (χ3n) is 6.12. The number of morpholine rings is 1. The molecule has 2 aromatic rings. The molecule has 2 heterocycles. The summed E-state index contributed by atoms with van der Waals surface area (Å²) in [6, 6.07) is 16.3. The maximum atomic E-state index is 12.8. The zero-order valence-corrected chi connectivity index (χ0v) is 19.7. The van der Waals surface area contributed by atoms with Gasteiger partial charge in [0.2, 0.25) is 10.0 Å². The molecule has 33 heavy (non-hydrogen) atoms. The molecule has 1 amide bonds. The fraction of sp³-hybridized carbons (Fsp3) is 0.458. The van der Waals surface area contributed by atoms with Crippen LogP contribution in [0.5, 0.6) is 0 Å². The average Bonchev–Trinajstić information content (AvgIpc) is 2.86. The summed E-state index contributed by atoms with van der Waals surface area (Å²) in [5.41, 5.74) is 1.70. The van der Waals surface area contributed by atoms with E-state index in [0.29, 0.717) is 49.7 Å². The molecule has 1 N–H and O–H groups in total. The normalized spacial score (nSPS) is 18.8. The first-order valence-electron chi connectivity index (χ1n) is 11.5. The third kappa shape index (κ3) is 6.39. The largest absolute Gasteiger partial charge is 0.379 e. The molecule has 4 rings (SSSR count). The summed E-state index contributed by atoms with van der Waals surface area (Å²) >= 11 is 0. The van der Waals surface area contributed by atoms with Crippen molar-refractivity contribution in [2.24, 2.45) is 0 Å². The predicted molar refractivity (Wildman–Crippen MR) is 127 cm³/mol. The van der Waals surface area contributed by atoms with Crippen molar-refractivity contribution in [3.63, 3.8) is 0 Å². The standard InChI is InChI=1S/C24H32N4O4S/c29-24(25-9-10-26-15-17-32-18-16-26)22-6-4-5-21(19-22)20-27-11-13-28(14-12-27)33(30,31)23-7-2-1-3-8-23/h1-8,19H,9-18,20H2,(H,25,29). The van der Waals surface area contributed by atoms with Gasteiger partial charge in [-0.1, -0.05) is 30.3 Å². The topological polar surface area (TPSA) is 82.2 Å². The average molecular weight is 473 g/mol. The fourth-order valence-corrected chi connectivity index (χ4v) is 5.64. The van der Waals surface area contributed by atoms with Crippen molar-refractivity contribution in [3.05, 3.63) is 65.7 Å². The van der Waals surface area contributed by atoms with Crippen molar-refractivity contribution in [1.29, 1.82) is 0 Å². The van der Waals surface area contributed by atoms with Gasteiger partial charge in [0.05, 0.1) is 18.1 Å². The van der Waals surface area contributed by atoms with E-state index >= 15 is 0 Å². The highest BCUT2D eigenvalue weighted by Gasteiger charge is 2.28. The smallest absolute Gasteiger partial charge is 0.251 e. The number of piperazine rings is 1. The lowest BCUT2D eigenvalue weighted by Crippen LogP contribution is -2.48. The minimum absolute atomic E-state index is 0.0658. The number of rotatable bonds is 8. The van der Waals surface area contributed by atoms with Crippen LogP contribution in [0.4, 0.5) is 0 Å². The van der Waals surface area contributed by atoms with Gasteiger partial charge < -0.3 is 10.1 Å². The van der Waals surface area contributed by atoms with Gasteiger partial charge in [0.25, 0.3) is 5.91 Å². The highest BCUT2D eigenvalue weighted by atomic mass is 32.2. The maximum absolute atomic E-state index is 12.8. The Balaban J connectivity index is 1.26. The molecule has 2 aliphatic rings. The zero-order chi connectivity index (χ0) is 23.1. The molecular formula is C24H32N4O4S. The Hall–Kier alpha value is -2.30. The van der Waals surface area contributed by atoms with Crippen LogP contribution < -0.4 is 5.32 Å². The van der Waals surface area contributed by atoms with E-state index in [-0.39, 0.29) is 5.91 Å². The molecule has 8 nitrogen and oxygen atoms in total. The van der Waals surface area contributed by atoms with Gasteiger partial charge in [-0.25, -0.2) is 8.42 Å². The van der Waals surface area contributed by atoms with Crippen LogP contribution in [0, 0.1) is 0 Å². The van der Waals surface area contributed by atoms with Gasteiger partial charge in [-0.2, -0.15) is 4.31 Å². The Bertz CT molecular complexity index is 1020. The lowest BCUT2D eigenvalue weighted by molar-refractivity contribution is 0.0383. The van der Waals surface area contributed by atoms with Crippen molar-refractivity contribution < 1.29 is 17.9 Å². The molecule has 2 fully saturated rings. The van der Waals surface area contributed by atoms with Gasteiger partial charge >= 0.3 is 0 Å². The second-order valence-electron chi connectivity index (χ2n) is 8.40. The van der Waals surface area contributed by atoms with Crippen molar-refractivity contribution in [2.75, 3.05) is 65.6 Å². The second kappa shape index (κ2) is 11.2. The SMILES string of the molecule is O=C(NCCN1CCOCC1)c1cccc(CN2CCN(S(=O)(=O)c3ccccc3)CC2)c1. The summed E-state index contributed by atoms with van der Waals surface area (Å²) in [5.74, 6) is -0.0658. The number of sulfonamides is 1. The minimum atomic E-state index is -3.45. The molecular weight excluding hydrogens is 440 g/mol. The van der Waals surface area contributed by atoms with E-state index in [1.54, 1.807) is 28.6 Å². The van der Waals surface area contributed by atoms with Crippen molar-refractivity contribution in [2.45, 2.75) is 11.4 Å². The molecule has 0 bridgehead atoms. The summed E-state index contributed by atoms with van der Waals surface area (Å²) < 4.78 is 32.5. The van der Waals surface area contributed by atoms with Gasteiger partial charge in [0.15, 0.2) is 0 Å². The van der Waals surface area contributed by atoms with Crippen LogP contribution in [-0.2, 0) is 21.3 Å². The Labute approximate surface area is 196 Å². The summed E-state index contributed by atoms with van der Waals surface area (Å²) in [4.78, 5) is 17.4. The fourth-order valence-electron chi connectivity index (χ4n) is 4.19. The van der Waals surface area contributed by atoms with Crippen LogP contribution in [0.2, 0.25) is 0 Å². The van der Waals surface area contributed by atoms with Crippen molar-refractivity contribution >= 4 is 15.9 Å². The van der Waals surface area contributed by atoms with E-state index in [2.05, 4.69) is 15.1 Å². The molecule has 0 aliphatic carbocycles. The van der Waals surface area contributed by atoms with E-state index in [1.165, 1.54) is 0 Å². The van der Waals surface area contributed by atoms with Crippen molar-refractivity contribution in [3.8, 4) is 0 Å². The summed E-state index contributed by atoms with van der Waals surface area (Å²) in [6.07, 6.45) is 0. The molecule has 0 spiro atoms. The van der Waals surface area contributed by atoms with Crippen LogP contribution in [-0.4, -0.2) is 94.0 Å². The number of nitrogens with zero attached hydrogens (tertiary/aromatic N) is 3. The zero-order valence-electron chi connectivity index (χ0n) is 18.9. The molecule has 9 heteroatoms. The summed E-state index contributed by atoms with van der Waals surface area (Å²) in [6.45, 7) is 7.67. The van der Waals surface area contributed by atoms with Crippen LogP contribution in [0.1, 0.15) is 15.9 Å². The number of hydrogen-bond donors (Lipinski definition) is 1. The number of amides is 1. The van der Waals surface area contributed by atoms with Crippen LogP contribution in [0.25, 0.3) is 0 Å². The number of benzene rings is 2. The highest BCUT2D eigenvalue weighted by molar-refractivity contribution is 7.89. The van der Waals surface area contributed by atoms with Crippen LogP contribution >= 0.6 is 0 Å². The van der Waals surface area contributed by atoms with E-state index in [9.17, 15) is 13.2 Å². The number of hydrogen-bond acceptors (Lipinski definition) is 6. The Morgan fingerprint density at radius 3 is 2.33 bits per heavy atom. The Kier molecular flexibility index (Phi) is 8.11. The second-order valence-corrected chi connectivity index (χ2v) is 10.3. The van der Waals surface area contributed by atoms with Gasteiger partial charge in [0, 0.05) is 64.5 Å². The first-order valence-corrected chi connectivity index (χ1v) is 12.9. The highest BCUT2D eigenvalue weighted by Crippen LogP contribution is 2.18. The molecule has 178 valence electrons. The molecule has 0 atom stereocenters. The lowest BCUT2D eigenvalue weighted by atomic mass is 10.1. The predicted octanol–water partition coefficient (Wildman–Crippen LogP) is 1.26.